The van der Waals surface area contributed by atoms with Crippen LogP contribution in [0.15, 0.2) is 54.7 Å². The van der Waals surface area contributed by atoms with Gasteiger partial charge in [0, 0.05) is 11.1 Å². The monoisotopic (exact) mass is 437 g/mol. The molecule has 28 heavy (non-hydrogen) atoms. The number of esters is 1. The van der Waals surface area contributed by atoms with Crippen molar-refractivity contribution in [3.8, 4) is 0 Å². The van der Waals surface area contributed by atoms with Gasteiger partial charge in [-0.3, -0.25) is 4.79 Å². The molecular weight excluding hydrogens is 425 g/mol. The summed E-state index contributed by atoms with van der Waals surface area (Å²) in [6, 6.07) is 13.6. The number of ether oxygens (including phenoxy) is 1. The molecule has 3 rings (SSSR count). The Morgan fingerprint density at radius 2 is 1.75 bits per heavy atom. The molecule has 0 aliphatic rings. The molecule has 0 aliphatic carbocycles. The second-order valence-corrected chi connectivity index (χ2v) is 6.88. The molecule has 0 fully saturated rings. The second-order valence-electron chi connectivity index (χ2n) is 5.69. The average molecular weight is 439 g/mol. The van der Waals surface area contributed by atoms with Crippen LogP contribution in [-0.4, -0.2) is 28.3 Å². The Labute approximate surface area is 176 Å². The van der Waals surface area contributed by atoms with Gasteiger partial charge in [-0.2, -0.15) is 5.10 Å². The largest absolute Gasteiger partial charge is 0.452 e. The molecule has 0 unspecified atom stereocenters. The van der Waals surface area contributed by atoms with Gasteiger partial charge >= 0.3 is 5.97 Å². The van der Waals surface area contributed by atoms with Crippen LogP contribution in [0.5, 0.6) is 0 Å². The van der Waals surface area contributed by atoms with Gasteiger partial charge in [-0.1, -0.05) is 59.1 Å². The lowest BCUT2D eigenvalue weighted by Crippen LogP contribution is -2.23. The van der Waals surface area contributed by atoms with E-state index in [0.29, 0.717) is 17.4 Å². The van der Waals surface area contributed by atoms with E-state index in [1.807, 2.05) is 18.2 Å². The SMILES string of the molecule is O=C(COC(=O)c1cccc(Cl)c1Cl)Nc1ccnn1Cc1ccccc1Cl. The van der Waals surface area contributed by atoms with E-state index in [-0.39, 0.29) is 15.6 Å². The number of carbonyl (C=O) groups excluding carboxylic acids is 2. The number of halogens is 3. The van der Waals surface area contributed by atoms with Crippen molar-refractivity contribution in [2.45, 2.75) is 6.54 Å². The standard InChI is InChI=1S/C19H14Cl3N3O3/c20-14-6-2-1-4-12(14)10-25-16(8-9-23-25)24-17(26)11-28-19(27)13-5-3-7-15(21)18(13)22/h1-9H,10-11H2,(H,24,26). The summed E-state index contributed by atoms with van der Waals surface area (Å²) in [5.74, 6) is -0.818. The van der Waals surface area contributed by atoms with Gasteiger partial charge in [-0.15, -0.1) is 0 Å². The van der Waals surface area contributed by atoms with Crippen LogP contribution in [0.2, 0.25) is 15.1 Å². The van der Waals surface area contributed by atoms with E-state index < -0.39 is 18.5 Å². The number of nitrogens with one attached hydrogen (secondary N) is 1. The molecule has 0 atom stereocenters. The van der Waals surface area contributed by atoms with Gasteiger partial charge in [0.1, 0.15) is 5.82 Å². The van der Waals surface area contributed by atoms with Crippen LogP contribution in [-0.2, 0) is 16.1 Å². The lowest BCUT2D eigenvalue weighted by Gasteiger charge is -2.11. The molecule has 0 spiro atoms. The normalized spacial score (nSPS) is 10.5. The highest BCUT2D eigenvalue weighted by Gasteiger charge is 2.16. The number of anilines is 1. The van der Waals surface area contributed by atoms with Crippen LogP contribution in [0, 0.1) is 0 Å². The third-order valence-electron chi connectivity index (χ3n) is 3.77. The Hall–Kier alpha value is -2.54. The van der Waals surface area contributed by atoms with Gasteiger partial charge in [0.2, 0.25) is 0 Å². The highest BCUT2D eigenvalue weighted by Crippen LogP contribution is 2.26. The minimum absolute atomic E-state index is 0.0763. The fourth-order valence-electron chi connectivity index (χ4n) is 2.40. The predicted molar refractivity (Wildman–Crippen MR) is 108 cm³/mol. The summed E-state index contributed by atoms with van der Waals surface area (Å²) < 4.78 is 6.59. The smallest absolute Gasteiger partial charge is 0.340 e. The molecule has 144 valence electrons. The van der Waals surface area contributed by atoms with Gasteiger partial charge < -0.3 is 10.1 Å². The van der Waals surface area contributed by atoms with E-state index >= 15 is 0 Å². The molecule has 3 aromatic rings. The Morgan fingerprint density at radius 1 is 1.00 bits per heavy atom. The topological polar surface area (TPSA) is 73.2 Å². The first-order valence-corrected chi connectivity index (χ1v) is 9.25. The van der Waals surface area contributed by atoms with Crippen LogP contribution in [0.3, 0.4) is 0 Å². The van der Waals surface area contributed by atoms with E-state index in [9.17, 15) is 9.59 Å². The van der Waals surface area contributed by atoms with Crippen molar-refractivity contribution in [1.82, 2.24) is 9.78 Å². The number of amides is 1. The van der Waals surface area contributed by atoms with Gasteiger partial charge in [-0.05, 0) is 23.8 Å². The van der Waals surface area contributed by atoms with E-state index in [2.05, 4.69) is 10.4 Å². The van der Waals surface area contributed by atoms with Gasteiger partial charge in [0.15, 0.2) is 6.61 Å². The Morgan fingerprint density at radius 3 is 2.54 bits per heavy atom. The number of rotatable bonds is 6. The van der Waals surface area contributed by atoms with Crippen LogP contribution >= 0.6 is 34.8 Å². The number of aromatic nitrogens is 2. The summed E-state index contributed by atoms with van der Waals surface area (Å²) in [5, 5.41) is 7.72. The number of carbonyl (C=O) groups is 2. The van der Waals surface area contributed by atoms with Crippen molar-refractivity contribution in [2.75, 3.05) is 11.9 Å². The molecule has 1 amide bonds. The van der Waals surface area contributed by atoms with Crippen molar-refractivity contribution in [1.29, 1.82) is 0 Å². The molecule has 1 N–H and O–H groups in total. The van der Waals surface area contributed by atoms with E-state index in [0.717, 1.165) is 5.56 Å². The molecule has 9 heteroatoms. The number of hydrogen-bond acceptors (Lipinski definition) is 4. The zero-order chi connectivity index (χ0) is 20.1. The maximum absolute atomic E-state index is 12.2. The van der Waals surface area contributed by atoms with E-state index in [1.54, 1.807) is 35.1 Å². The van der Waals surface area contributed by atoms with Crippen LogP contribution < -0.4 is 5.32 Å². The molecule has 6 nitrogen and oxygen atoms in total. The van der Waals surface area contributed by atoms with Crippen molar-refractivity contribution >= 4 is 52.5 Å². The summed E-state index contributed by atoms with van der Waals surface area (Å²) in [5.41, 5.74) is 0.941. The Bertz CT molecular complexity index is 1020. The molecule has 0 radical (unpaired) electrons. The first-order valence-electron chi connectivity index (χ1n) is 8.12. The molecule has 0 saturated heterocycles. The third kappa shape index (κ3) is 4.84. The van der Waals surface area contributed by atoms with Crippen molar-refractivity contribution in [3.63, 3.8) is 0 Å². The molecule has 0 saturated carbocycles. The molecule has 1 heterocycles. The average Bonchev–Trinajstić information content (AvgIpc) is 3.10. The summed E-state index contributed by atoms with van der Waals surface area (Å²) >= 11 is 18.0. The summed E-state index contributed by atoms with van der Waals surface area (Å²) in [4.78, 5) is 24.2. The van der Waals surface area contributed by atoms with Gasteiger partial charge in [0.05, 0.1) is 28.4 Å². The van der Waals surface area contributed by atoms with Crippen molar-refractivity contribution in [2.24, 2.45) is 0 Å². The third-order valence-corrected chi connectivity index (χ3v) is 4.96. The summed E-state index contributed by atoms with van der Waals surface area (Å²) in [6.45, 7) is -0.112. The lowest BCUT2D eigenvalue weighted by molar-refractivity contribution is -0.119. The number of benzene rings is 2. The fraction of sp³-hybridized carbons (Fsp3) is 0.105. The minimum atomic E-state index is -0.743. The maximum Gasteiger partial charge on any atom is 0.340 e. The van der Waals surface area contributed by atoms with Gasteiger partial charge in [0.25, 0.3) is 5.91 Å². The van der Waals surface area contributed by atoms with Crippen LogP contribution in [0.4, 0.5) is 5.82 Å². The van der Waals surface area contributed by atoms with Crippen LogP contribution in [0.25, 0.3) is 0 Å². The quantitative estimate of drug-likeness (QED) is 0.567. The van der Waals surface area contributed by atoms with Crippen molar-refractivity contribution < 1.29 is 14.3 Å². The molecule has 1 aromatic heterocycles. The number of nitrogens with zero attached hydrogens (tertiary/aromatic N) is 2. The van der Waals surface area contributed by atoms with E-state index in [1.165, 1.54) is 6.07 Å². The first kappa shape index (κ1) is 20.2. The van der Waals surface area contributed by atoms with E-state index in [4.69, 9.17) is 39.5 Å². The minimum Gasteiger partial charge on any atom is -0.452 e. The number of hydrogen-bond donors (Lipinski definition) is 1. The predicted octanol–water partition coefficient (Wildman–Crippen LogP) is 4.69. The van der Waals surface area contributed by atoms with Gasteiger partial charge in [-0.25, -0.2) is 9.48 Å². The summed E-state index contributed by atoms with van der Waals surface area (Å²) in [6.07, 6.45) is 1.55. The van der Waals surface area contributed by atoms with Crippen LogP contribution in [0.1, 0.15) is 15.9 Å². The zero-order valence-electron chi connectivity index (χ0n) is 14.4. The Balaban J connectivity index is 1.60. The molecule has 2 aromatic carbocycles. The highest BCUT2D eigenvalue weighted by molar-refractivity contribution is 6.43. The second kappa shape index (κ2) is 9.10. The first-order chi connectivity index (χ1) is 13.5. The Kier molecular flexibility index (Phi) is 6.57. The zero-order valence-corrected chi connectivity index (χ0v) is 16.6. The lowest BCUT2D eigenvalue weighted by atomic mass is 10.2. The molecular formula is C19H14Cl3N3O3. The highest BCUT2D eigenvalue weighted by atomic mass is 35.5. The maximum atomic E-state index is 12.2. The molecule has 0 bridgehead atoms. The fourth-order valence-corrected chi connectivity index (χ4v) is 2.98. The molecule has 0 aliphatic heterocycles. The summed E-state index contributed by atoms with van der Waals surface area (Å²) in [7, 11) is 0. The van der Waals surface area contributed by atoms with Crippen molar-refractivity contribution in [3.05, 3.63) is 80.9 Å².